The number of aryl methyl sites for hydroxylation is 2. The van der Waals surface area contributed by atoms with E-state index in [1.165, 1.54) is 0 Å². The Morgan fingerprint density at radius 1 is 1.09 bits per heavy atom. The summed E-state index contributed by atoms with van der Waals surface area (Å²) in [6, 6.07) is 18.0. The third kappa shape index (κ3) is 5.52. The quantitative estimate of drug-likeness (QED) is 0.423. The molecule has 0 saturated heterocycles. The average molecular weight is 430 g/mol. The number of hydrogen-bond acceptors (Lipinski definition) is 4. The first-order valence-corrected chi connectivity index (χ1v) is 11.3. The molecule has 0 unspecified atom stereocenters. The maximum absolute atomic E-state index is 13.4. The predicted molar refractivity (Wildman–Crippen MR) is 128 cm³/mol. The summed E-state index contributed by atoms with van der Waals surface area (Å²) in [6.07, 6.45) is 3.41. The minimum Gasteiger partial charge on any atom is -0.380 e. The van der Waals surface area contributed by atoms with E-state index in [2.05, 4.69) is 13.0 Å². The molecule has 0 atom stereocenters. The Balaban J connectivity index is 1.93. The Morgan fingerprint density at radius 3 is 2.53 bits per heavy atom. The number of ether oxygens (including phenoxy) is 1. The van der Waals surface area contributed by atoms with Crippen LogP contribution in [0.2, 0.25) is 0 Å². The molecule has 0 amide bonds. The number of aromatic nitrogens is 2. The molecule has 32 heavy (non-hydrogen) atoms. The third-order valence-electron chi connectivity index (χ3n) is 5.66. The van der Waals surface area contributed by atoms with Crippen molar-refractivity contribution < 1.29 is 4.74 Å². The zero-order chi connectivity index (χ0) is 22.9. The van der Waals surface area contributed by atoms with Gasteiger partial charge >= 0.3 is 0 Å². The normalized spacial score (nSPS) is 10.8. The molecule has 0 bridgehead atoms. The Kier molecular flexibility index (Phi) is 8.35. The molecule has 5 nitrogen and oxygen atoms in total. The Morgan fingerprint density at radius 2 is 1.84 bits per heavy atom. The van der Waals surface area contributed by atoms with E-state index in [0.29, 0.717) is 31.7 Å². The molecule has 0 radical (unpaired) electrons. The van der Waals surface area contributed by atoms with Gasteiger partial charge in [-0.2, -0.15) is 5.26 Å². The summed E-state index contributed by atoms with van der Waals surface area (Å²) in [6.45, 7) is 7.63. The van der Waals surface area contributed by atoms with Crippen LogP contribution in [0.5, 0.6) is 0 Å². The van der Waals surface area contributed by atoms with Crippen LogP contribution in [-0.2, 0) is 24.1 Å². The smallest absolute Gasteiger partial charge is 0.257 e. The largest absolute Gasteiger partial charge is 0.380 e. The predicted octanol–water partition coefficient (Wildman–Crippen LogP) is 5.06. The van der Waals surface area contributed by atoms with Crippen LogP contribution in [0.1, 0.15) is 54.9 Å². The molecule has 3 aromatic rings. The van der Waals surface area contributed by atoms with Gasteiger partial charge in [-0.3, -0.25) is 9.36 Å². The molecule has 2 aromatic carbocycles. The first-order chi connectivity index (χ1) is 15.6. The minimum absolute atomic E-state index is 0.0298. The summed E-state index contributed by atoms with van der Waals surface area (Å²) in [5, 5.41) is 9.38. The van der Waals surface area contributed by atoms with Crippen molar-refractivity contribution in [2.75, 3.05) is 13.2 Å². The fourth-order valence-electron chi connectivity index (χ4n) is 3.89. The van der Waals surface area contributed by atoms with Crippen molar-refractivity contribution in [3.63, 3.8) is 0 Å². The van der Waals surface area contributed by atoms with Crippen molar-refractivity contribution in [2.24, 2.45) is 0 Å². The van der Waals surface area contributed by atoms with Crippen molar-refractivity contribution in [2.45, 2.75) is 53.0 Å². The average Bonchev–Trinajstić information content (AvgIpc) is 2.82. The fraction of sp³-hybridized carbons (Fsp3) is 0.370. The monoisotopic (exact) mass is 429 g/mol. The molecule has 3 rings (SSSR count). The van der Waals surface area contributed by atoms with Gasteiger partial charge in [0.2, 0.25) is 0 Å². The van der Waals surface area contributed by atoms with E-state index < -0.39 is 0 Å². The van der Waals surface area contributed by atoms with Crippen LogP contribution in [0.25, 0.3) is 11.1 Å². The maximum atomic E-state index is 13.4. The third-order valence-corrected chi connectivity index (χ3v) is 5.66. The highest BCUT2D eigenvalue weighted by atomic mass is 16.5. The number of nitrogens with zero attached hydrogens (tertiary/aromatic N) is 3. The van der Waals surface area contributed by atoms with Crippen LogP contribution in [0, 0.1) is 18.3 Å². The summed E-state index contributed by atoms with van der Waals surface area (Å²) in [7, 11) is 0. The summed E-state index contributed by atoms with van der Waals surface area (Å²) in [5.41, 5.74) is 5.32. The van der Waals surface area contributed by atoms with Crippen molar-refractivity contribution >= 4 is 0 Å². The zero-order valence-electron chi connectivity index (χ0n) is 19.2. The molecule has 0 spiro atoms. The Bertz CT molecular complexity index is 1140. The van der Waals surface area contributed by atoms with Gasteiger partial charge < -0.3 is 4.74 Å². The number of benzene rings is 2. The number of rotatable bonds is 10. The van der Waals surface area contributed by atoms with E-state index in [4.69, 9.17) is 9.72 Å². The van der Waals surface area contributed by atoms with Crippen molar-refractivity contribution in [1.82, 2.24) is 9.55 Å². The van der Waals surface area contributed by atoms with Crippen LogP contribution in [0.3, 0.4) is 0 Å². The summed E-state index contributed by atoms with van der Waals surface area (Å²) < 4.78 is 7.20. The van der Waals surface area contributed by atoms with Gasteiger partial charge in [-0.05, 0) is 49.4 Å². The zero-order valence-corrected chi connectivity index (χ0v) is 19.2. The molecular formula is C27H31N3O2. The van der Waals surface area contributed by atoms with Crippen molar-refractivity contribution in [3.8, 4) is 17.2 Å². The molecule has 0 N–H and O–H groups in total. The number of hydrogen-bond donors (Lipinski definition) is 0. The van der Waals surface area contributed by atoms with Gasteiger partial charge in [0.25, 0.3) is 5.56 Å². The van der Waals surface area contributed by atoms with Crippen LogP contribution in [0.4, 0.5) is 0 Å². The molecule has 0 aliphatic carbocycles. The van der Waals surface area contributed by atoms with Gasteiger partial charge in [-0.15, -0.1) is 0 Å². The molecule has 1 aromatic heterocycles. The van der Waals surface area contributed by atoms with E-state index >= 15 is 0 Å². The van der Waals surface area contributed by atoms with E-state index in [9.17, 15) is 10.1 Å². The molecule has 166 valence electrons. The lowest BCUT2D eigenvalue weighted by molar-refractivity contribution is 0.137. The van der Waals surface area contributed by atoms with Crippen molar-refractivity contribution in [3.05, 3.63) is 87.1 Å². The second kappa shape index (κ2) is 11.4. The topological polar surface area (TPSA) is 67.9 Å². The van der Waals surface area contributed by atoms with Crippen LogP contribution in [-0.4, -0.2) is 22.8 Å². The standard InChI is InChI=1S/C27H31N3O2/c1-4-6-11-26-25(27(31)30(20(3)29-26)16-17-32-5-2)18-21-12-14-22(15-13-21)24-10-8-7-9-23(24)19-28/h7-10,12-15H,4-6,11,16-18H2,1-3H3. The molecule has 1 heterocycles. The highest BCUT2D eigenvalue weighted by Gasteiger charge is 2.15. The molecule has 0 aliphatic rings. The second-order valence-corrected chi connectivity index (χ2v) is 7.87. The van der Waals surface area contributed by atoms with Gasteiger partial charge in [0.15, 0.2) is 0 Å². The summed E-state index contributed by atoms with van der Waals surface area (Å²) in [4.78, 5) is 18.2. The van der Waals surface area contributed by atoms with E-state index in [1.807, 2.05) is 62.4 Å². The van der Waals surface area contributed by atoms with Gasteiger partial charge in [0.05, 0.1) is 30.5 Å². The lowest BCUT2D eigenvalue weighted by Crippen LogP contribution is -2.30. The van der Waals surface area contributed by atoms with Gasteiger partial charge in [0, 0.05) is 18.6 Å². The van der Waals surface area contributed by atoms with Crippen LogP contribution < -0.4 is 5.56 Å². The fourth-order valence-corrected chi connectivity index (χ4v) is 3.89. The first-order valence-electron chi connectivity index (χ1n) is 11.3. The van der Waals surface area contributed by atoms with E-state index in [0.717, 1.165) is 53.0 Å². The molecule has 5 heteroatoms. The van der Waals surface area contributed by atoms with Crippen molar-refractivity contribution in [1.29, 1.82) is 5.26 Å². The maximum Gasteiger partial charge on any atom is 0.257 e. The van der Waals surface area contributed by atoms with Crippen LogP contribution in [0.15, 0.2) is 53.3 Å². The van der Waals surface area contributed by atoms with Gasteiger partial charge in [-0.1, -0.05) is 55.8 Å². The van der Waals surface area contributed by atoms with Gasteiger partial charge in [0.1, 0.15) is 5.82 Å². The first kappa shape index (κ1) is 23.4. The van der Waals surface area contributed by atoms with E-state index in [-0.39, 0.29) is 5.56 Å². The van der Waals surface area contributed by atoms with Gasteiger partial charge in [-0.25, -0.2) is 4.98 Å². The second-order valence-electron chi connectivity index (χ2n) is 7.87. The summed E-state index contributed by atoms with van der Waals surface area (Å²) in [5.74, 6) is 0.744. The number of unbranched alkanes of at least 4 members (excludes halogenated alkanes) is 1. The van der Waals surface area contributed by atoms with E-state index in [1.54, 1.807) is 4.57 Å². The molecular weight excluding hydrogens is 398 g/mol. The Hall–Kier alpha value is -3.23. The molecule has 0 saturated carbocycles. The summed E-state index contributed by atoms with van der Waals surface area (Å²) >= 11 is 0. The highest BCUT2D eigenvalue weighted by molar-refractivity contribution is 5.70. The highest BCUT2D eigenvalue weighted by Crippen LogP contribution is 2.24. The molecule has 0 aliphatic heterocycles. The molecule has 0 fully saturated rings. The SMILES string of the molecule is CCCCc1nc(C)n(CCOCC)c(=O)c1Cc1ccc(-c2ccccc2C#N)cc1. The number of nitriles is 1. The minimum atomic E-state index is 0.0298. The lowest BCUT2D eigenvalue weighted by Gasteiger charge is -2.16. The lowest BCUT2D eigenvalue weighted by atomic mass is 9.97. The Labute approximate surface area is 190 Å². The van der Waals surface area contributed by atoms with Crippen LogP contribution >= 0.6 is 0 Å².